The summed E-state index contributed by atoms with van der Waals surface area (Å²) in [5.41, 5.74) is 1.14. The van der Waals surface area contributed by atoms with Crippen LogP contribution >= 0.6 is 0 Å². The van der Waals surface area contributed by atoms with Crippen molar-refractivity contribution in [3.8, 4) is 0 Å². The molecule has 1 rings (SSSR count). The van der Waals surface area contributed by atoms with Crippen molar-refractivity contribution < 1.29 is 19.3 Å². The number of methoxy groups -OCH3 is 2. The van der Waals surface area contributed by atoms with Gasteiger partial charge in [-0.05, 0) is 5.56 Å². The Labute approximate surface area is 108 Å². The fraction of sp³-hybridized carbons (Fsp3) is 0.571. The molecule has 0 atom stereocenters. The van der Waals surface area contributed by atoms with Crippen LogP contribution in [0.4, 0.5) is 0 Å². The second kappa shape index (κ2) is 8.21. The molecule has 0 heterocycles. The molecule has 0 aliphatic rings. The van der Waals surface area contributed by atoms with Crippen molar-refractivity contribution in [3.05, 3.63) is 35.9 Å². The average Bonchev–Trinajstić information content (AvgIpc) is 2.43. The van der Waals surface area contributed by atoms with Crippen LogP contribution in [-0.2, 0) is 20.8 Å². The zero-order valence-electron chi connectivity index (χ0n) is 11.1. The van der Waals surface area contributed by atoms with Crippen molar-refractivity contribution in [2.24, 2.45) is 0 Å². The normalized spacial score (nSPS) is 11.7. The Morgan fingerprint density at radius 1 is 1.06 bits per heavy atom. The summed E-state index contributed by atoms with van der Waals surface area (Å²) in [7, 11) is 3.16. The Bertz CT molecular complexity index is 309. The highest BCUT2D eigenvalue weighted by Crippen LogP contribution is 2.20. The zero-order chi connectivity index (χ0) is 13.3. The average molecular weight is 254 g/mol. The first-order valence-corrected chi connectivity index (χ1v) is 6.09. The van der Waals surface area contributed by atoms with E-state index >= 15 is 0 Å². The molecule has 0 spiro atoms. The van der Waals surface area contributed by atoms with Crippen LogP contribution in [0.5, 0.6) is 0 Å². The van der Waals surface area contributed by atoms with Crippen molar-refractivity contribution in [1.29, 1.82) is 0 Å². The lowest BCUT2D eigenvalue weighted by Crippen LogP contribution is -2.36. The van der Waals surface area contributed by atoms with Crippen molar-refractivity contribution in [2.75, 3.05) is 27.4 Å². The summed E-state index contributed by atoms with van der Waals surface area (Å²) in [5, 5.41) is 9.00. The van der Waals surface area contributed by atoms with Crippen LogP contribution < -0.4 is 0 Å². The number of aliphatic hydroxyl groups excluding tert-OH is 1. The van der Waals surface area contributed by atoms with Gasteiger partial charge in [0.1, 0.15) is 0 Å². The summed E-state index contributed by atoms with van der Waals surface area (Å²) in [6.07, 6.45) is 1.03. The lowest BCUT2D eigenvalue weighted by atomic mass is 10.1. The maximum atomic E-state index is 9.00. The van der Waals surface area contributed by atoms with Gasteiger partial charge in [0.25, 0.3) is 0 Å². The highest BCUT2D eigenvalue weighted by Gasteiger charge is 2.28. The van der Waals surface area contributed by atoms with E-state index in [1.54, 1.807) is 14.2 Å². The van der Waals surface area contributed by atoms with Crippen molar-refractivity contribution >= 4 is 0 Å². The Hall–Kier alpha value is -0.940. The van der Waals surface area contributed by atoms with Gasteiger partial charge in [0.05, 0.1) is 13.2 Å². The Morgan fingerprint density at radius 2 is 1.72 bits per heavy atom. The summed E-state index contributed by atoms with van der Waals surface area (Å²) < 4.78 is 16.2. The fourth-order valence-corrected chi connectivity index (χ4v) is 1.78. The van der Waals surface area contributed by atoms with Crippen LogP contribution in [0, 0.1) is 0 Å². The molecule has 0 saturated heterocycles. The van der Waals surface area contributed by atoms with Crippen molar-refractivity contribution in [3.63, 3.8) is 0 Å². The molecule has 0 fully saturated rings. The third-order valence-corrected chi connectivity index (χ3v) is 2.98. The van der Waals surface area contributed by atoms with Gasteiger partial charge in [-0.25, -0.2) is 0 Å². The van der Waals surface area contributed by atoms with Crippen molar-refractivity contribution in [1.82, 2.24) is 0 Å². The molecule has 1 N–H and O–H groups in total. The van der Waals surface area contributed by atoms with Crippen LogP contribution in [0.3, 0.4) is 0 Å². The molecule has 0 aliphatic carbocycles. The van der Waals surface area contributed by atoms with Gasteiger partial charge < -0.3 is 19.3 Å². The third kappa shape index (κ3) is 4.74. The Kier molecular flexibility index (Phi) is 6.90. The second-order valence-electron chi connectivity index (χ2n) is 4.08. The molecule has 0 aliphatic heterocycles. The van der Waals surface area contributed by atoms with Crippen LogP contribution in [0.15, 0.2) is 30.3 Å². The molecule has 0 bridgehead atoms. The van der Waals surface area contributed by atoms with Gasteiger partial charge >= 0.3 is 0 Å². The van der Waals surface area contributed by atoms with E-state index in [0.29, 0.717) is 26.1 Å². The molecule has 0 unspecified atom stereocenters. The first-order valence-electron chi connectivity index (χ1n) is 6.09. The summed E-state index contributed by atoms with van der Waals surface area (Å²) in [6, 6.07) is 9.99. The monoisotopic (exact) mass is 254 g/mol. The SMILES string of the molecule is COC(CCO)(CCOCc1ccccc1)OC. The predicted molar refractivity (Wildman–Crippen MR) is 69.2 cm³/mol. The van der Waals surface area contributed by atoms with Gasteiger partial charge in [-0.3, -0.25) is 0 Å². The minimum absolute atomic E-state index is 0.0281. The summed E-state index contributed by atoms with van der Waals surface area (Å²) in [5.74, 6) is -0.745. The van der Waals surface area contributed by atoms with Gasteiger partial charge in [-0.2, -0.15) is 0 Å². The predicted octanol–water partition coefficient (Wildman–Crippen LogP) is 1.96. The van der Waals surface area contributed by atoms with E-state index < -0.39 is 5.79 Å². The van der Waals surface area contributed by atoms with Crippen LogP contribution in [0.1, 0.15) is 18.4 Å². The second-order valence-corrected chi connectivity index (χ2v) is 4.08. The fourth-order valence-electron chi connectivity index (χ4n) is 1.78. The quantitative estimate of drug-likeness (QED) is 0.540. The van der Waals surface area contributed by atoms with Gasteiger partial charge in [0.2, 0.25) is 0 Å². The first-order chi connectivity index (χ1) is 8.76. The number of aliphatic hydroxyl groups is 1. The Morgan fingerprint density at radius 3 is 2.28 bits per heavy atom. The molecule has 4 nitrogen and oxygen atoms in total. The van der Waals surface area contributed by atoms with Crippen LogP contribution in [0.2, 0.25) is 0 Å². The van der Waals surface area contributed by atoms with Gasteiger partial charge in [-0.1, -0.05) is 30.3 Å². The molecule has 0 amide bonds. The topological polar surface area (TPSA) is 47.9 Å². The number of rotatable bonds is 9. The molecule has 1 aromatic carbocycles. The maximum Gasteiger partial charge on any atom is 0.171 e. The van der Waals surface area contributed by atoms with E-state index in [-0.39, 0.29) is 6.61 Å². The molecular formula is C14H22O4. The van der Waals surface area contributed by atoms with E-state index in [4.69, 9.17) is 19.3 Å². The highest BCUT2D eigenvalue weighted by molar-refractivity contribution is 5.13. The standard InChI is InChI=1S/C14H22O4/c1-16-14(17-2,8-10-15)9-11-18-12-13-6-4-3-5-7-13/h3-7,15H,8-12H2,1-2H3. The first kappa shape index (κ1) is 15.1. The van der Waals surface area contributed by atoms with Crippen molar-refractivity contribution in [2.45, 2.75) is 25.2 Å². The highest BCUT2D eigenvalue weighted by atomic mass is 16.7. The van der Waals surface area contributed by atoms with Gasteiger partial charge in [0.15, 0.2) is 5.79 Å². The molecule has 4 heteroatoms. The van der Waals surface area contributed by atoms with Crippen LogP contribution in [-0.4, -0.2) is 38.3 Å². The number of ether oxygens (including phenoxy) is 3. The largest absolute Gasteiger partial charge is 0.396 e. The van der Waals surface area contributed by atoms with E-state index in [0.717, 1.165) is 5.56 Å². The lowest BCUT2D eigenvalue weighted by Gasteiger charge is -2.30. The molecule has 0 saturated carbocycles. The third-order valence-electron chi connectivity index (χ3n) is 2.98. The molecule has 102 valence electrons. The molecular weight excluding hydrogens is 232 g/mol. The van der Waals surface area contributed by atoms with Gasteiger partial charge in [0, 0.05) is 33.7 Å². The van der Waals surface area contributed by atoms with Gasteiger partial charge in [-0.15, -0.1) is 0 Å². The van der Waals surface area contributed by atoms with E-state index in [2.05, 4.69) is 0 Å². The smallest absolute Gasteiger partial charge is 0.171 e. The zero-order valence-corrected chi connectivity index (χ0v) is 11.1. The number of benzene rings is 1. The molecule has 18 heavy (non-hydrogen) atoms. The van der Waals surface area contributed by atoms with Crippen LogP contribution in [0.25, 0.3) is 0 Å². The lowest BCUT2D eigenvalue weighted by molar-refractivity contribution is -0.224. The summed E-state index contributed by atoms with van der Waals surface area (Å²) in [4.78, 5) is 0. The summed E-state index contributed by atoms with van der Waals surface area (Å²) >= 11 is 0. The van der Waals surface area contributed by atoms with E-state index in [1.165, 1.54) is 0 Å². The molecule has 1 aromatic rings. The molecule has 0 radical (unpaired) electrons. The number of hydrogen-bond acceptors (Lipinski definition) is 4. The minimum Gasteiger partial charge on any atom is -0.396 e. The van der Waals surface area contributed by atoms with E-state index in [1.807, 2.05) is 30.3 Å². The minimum atomic E-state index is -0.745. The maximum absolute atomic E-state index is 9.00. The Balaban J connectivity index is 2.31. The summed E-state index contributed by atoms with van der Waals surface area (Å²) in [6.45, 7) is 1.13. The molecule has 0 aromatic heterocycles. The number of hydrogen-bond donors (Lipinski definition) is 1. The van der Waals surface area contributed by atoms with E-state index in [9.17, 15) is 0 Å².